The van der Waals surface area contributed by atoms with E-state index in [4.69, 9.17) is 19.7 Å². The van der Waals surface area contributed by atoms with Gasteiger partial charge in [-0.3, -0.25) is 4.99 Å². The minimum absolute atomic E-state index is 0.0377. The lowest BCUT2D eigenvalue weighted by Gasteiger charge is -2.39. The van der Waals surface area contributed by atoms with Gasteiger partial charge in [0, 0.05) is 51.8 Å². The summed E-state index contributed by atoms with van der Waals surface area (Å²) < 4.78 is 7.29. The smallest absolute Gasteiger partial charge is 0.153 e. The van der Waals surface area contributed by atoms with Crippen molar-refractivity contribution in [2.45, 2.75) is 108 Å². The van der Waals surface area contributed by atoms with Crippen molar-refractivity contribution in [3.05, 3.63) is 149 Å². The molecule has 4 aliphatic heterocycles. The molecular weight excluding hydrogens is 699 g/mol. The highest BCUT2D eigenvalue weighted by Crippen LogP contribution is 2.60. The molecule has 10 aliphatic rings. The fourth-order valence-corrected chi connectivity index (χ4v) is 11.6. The normalized spacial score (nSPS) is 36.3. The van der Waals surface area contributed by atoms with Crippen molar-refractivity contribution in [2.75, 3.05) is 4.90 Å². The summed E-state index contributed by atoms with van der Waals surface area (Å²) >= 11 is 0. The second-order valence-electron chi connectivity index (χ2n) is 17.9. The number of fused-ring (bicyclic) bond motifs is 6. The molecule has 6 aliphatic carbocycles. The number of nitrogens with one attached hydrogen (secondary N) is 1. The maximum absolute atomic E-state index is 7.29. The van der Waals surface area contributed by atoms with Crippen LogP contribution in [-0.4, -0.2) is 41.7 Å². The van der Waals surface area contributed by atoms with Gasteiger partial charge in [-0.25, -0.2) is 9.98 Å². The first-order valence-corrected chi connectivity index (χ1v) is 22.0. The Morgan fingerprint density at radius 1 is 0.860 bits per heavy atom. The summed E-state index contributed by atoms with van der Waals surface area (Å²) in [5.41, 5.74) is 9.26. The zero-order chi connectivity index (χ0) is 37.9. The van der Waals surface area contributed by atoms with Crippen molar-refractivity contribution in [1.82, 2.24) is 5.32 Å². The predicted octanol–water partition coefficient (Wildman–Crippen LogP) is 10.8. The Bertz CT molecular complexity index is 2240. The zero-order valence-electron chi connectivity index (χ0n) is 33.3. The van der Waals surface area contributed by atoms with Crippen molar-refractivity contribution in [3.8, 4) is 0 Å². The summed E-state index contributed by atoms with van der Waals surface area (Å²) in [4.78, 5) is 19.5. The lowest BCUT2D eigenvalue weighted by atomic mass is 9.68. The standard InChI is InChI=1S/C51H55N5O/c1-51-32-31-39-44-37(25-16-28-43(44)57-46(39)47(51)56(36-23-12-5-13-24-36)42-27-15-14-26-40(42)51)38-29-30-41(33-17-6-2-7-18-33)52-45(38)50-54-48(34-19-8-3-9-20-34)53-49(55-50)35-21-10-4-11-22-35/h2-3,5-6,8,10,12-13,16,19,21,23-28,31-33,35,38,43-45,47,49H,4,7,9,11,14-15,17-18,20,22,29-30H2,1H3,(H,53,54,55). The topological polar surface area (TPSA) is 61.6 Å². The quantitative estimate of drug-likeness (QED) is 0.294. The predicted molar refractivity (Wildman–Crippen MR) is 233 cm³/mol. The number of para-hydroxylation sites is 1. The number of hydrogen-bond acceptors (Lipinski definition) is 6. The van der Waals surface area contributed by atoms with Gasteiger partial charge in [-0.2, -0.15) is 0 Å². The van der Waals surface area contributed by atoms with Gasteiger partial charge in [0.2, 0.25) is 0 Å². The molecule has 0 aromatic heterocycles. The van der Waals surface area contributed by atoms with Crippen LogP contribution in [-0.2, 0) is 4.74 Å². The monoisotopic (exact) mass is 753 g/mol. The first-order valence-electron chi connectivity index (χ1n) is 22.0. The van der Waals surface area contributed by atoms with Gasteiger partial charge in [-0.05, 0) is 113 Å². The van der Waals surface area contributed by atoms with Crippen LogP contribution in [0, 0.1) is 29.1 Å². The highest BCUT2D eigenvalue weighted by molar-refractivity contribution is 6.10. The third-order valence-corrected chi connectivity index (χ3v) is 14.5. The van der Waals surface area contributed by atoms with Crippen LogP contribution >= 0.6 is 0 Å². The first kappa shape index (κ1) is 35.2. The molecule has 0 saturated carbocycles. The Labute approximate surface area is 338 Å². The van der Waals surface area contributed by atoms with E-state index in [1.807, 2.05) is 0 Å². The lowest BCUT2D eigenvalue weighted by Crippen LogP contribution is -2.47. The third kappa shape index (κ3) is 6.00. The molecule has 0 radical (unpaired) electrons. The first-order chi connectivity index (χ1) is 28.1. The molecule has 9 atom stereocenters. The van der Waals surface area contributed by atoms with Crippen LogP contribution in [0.4, 0.5) is 5.69 Å². The Balaban J connectivity index is 1.01. The minimum atomic E-state index is -0.177. The van der Waals surface area contributed by atoms with Crippen LogP contribution in [0.25, 0.3) is 0 Å². The van der Waals surface area contributed by atoms with Gasteiger partial charge in [0.05, 0.1) is 0 Å². The summed E-state index contributed by atoms with van der Waals surface area (Å²) in [6, 6.07) is 10.9. The number of hydrogen-bond donors (Lipinski definition) is 1. The highest BCUT2D eigenvalue weighted by atomic mass is 16.5. The van der Waals surface area contributed by atoms with Crippen molar-refractivity contribution in [2.24, 2.45) is 44.1 Å². The average molecular weight is 754 g/mol. The van der Waals surface area contributed by atoms with E-state index in [1.165, 1.54) is 52.2 Å². The van der Waals surface area contributed by atoms with Crippen molar-refractivity contribution in [3.63, 3.8) is 0 Å². The molecule has 290 valence electrons. The summed E-state index contributed by atoms with van der Waals surface area (Å²) in [6.45, 7) is 2.43. The van der Waals surface area contributed by atoms with E-state index in [0.717, 1.165) is 81.6 Å². The van der Waals surface area contributed by atoms with Crippen LogP contribution in [0.15, 0.2) is 164 Å². The zero-order valence-corrected chi connectivity index (χ0v) is 33.3. The molecule has 1 aromatic rings. The highest BCUT2D eigenvalue weighted by Gasteiger charge is 2.58. The number of rotatable bonds is 6. The average Bonchev–Trinajstić information content (AvgIpc) is 3.80. The van der Waals surface area contributed by atoms with Crippen LogP contribution < -0.4 is 10.2 Å². The SMILES string of the molecule is CC12C=CC3=C(OC4C=CC=C(C5CCC(C6CC=CCC6)=NC5C5=NC(C6C=CCCC6)NC(C6=CC=CCC6)=N5)C34)C1N(c1ccccc1)C1=CCCC=C12. The Morgan fingerprint density at radius 2 is 1.79 bits per heavy atom. The molecule has 1 fully saturated rings. The molecule has 0 spiro atoms. The molecule has 0 bridgehead atoms. The van der Waals surface area contributed by atoms with Gasteiger partial charge in [0.25, 0.3) is 0 Å². The molecule has 6 nitrogen and oxygen atoms in total. The number of allylic oxidation sites excluding steroid dienone is 12. The van der Waals surface area contributed by atoms with Crippen molar-refractivity contribution < 1.29 is 4.74 Å². The van der Waals surface area contributed by atoms with Gasteiger partial charge < -0.3 is 15.0 Å². The number of nitrogens with zero attached hydrogens (tertiary/aromatic N) is 4. The van der Waals surface area contributed by atoms with E-state index in [9.17, 15) is 0 Å². The summed E-state index contributed by atoms with van der Waals surface area (Å²) in [7, 11) is 0. The number of amidine groups is 2. The van der Waals surface area contributed by atoms with Crippen LogP contribution in [0.5, 0.6) is 0 Å². The fourth-order valence-electron chi connectivity index (χ4n) is 11.6. The van der Waals surface area contributed by atoms with E-state index >= 15 is 0 Å². The Kier molecular flexibility index (Phi) is 8.92. The molecule has 11 rings (SSSR count). The van der Waals surface area contributed by atoms with Gasteiger partial charge in [0.15, 0.2) is 5.84 Å². The van der Waals surface area contributed by atoms with Crippen molar-refractivity contribution >= 4 is 23.1 Å². The van der Waals surface area contributed by atoms with E-state index in [1.54, 1.807) is 0 Å². The third-order valence-electron chi connectivity index (χ3n) is 14.5. The molecular formula is C51H55N5O. The second-order valence-corrected chi connectivity index (χ2v) is 17.9. The second kappa shape index (κ2) is 14.4. The van der Waals surface area contributed by atoms with E-state index in [0.29, 0.717) is 11.8 Å². The maximum Gasteiger partial charge on any atom is 0.153 e. The Hall–Kier alpha value is -4.97. The largest absolute Gasteiger partial charge is 0.487 e. The van der Waals surface area contributed by atoms with Crippen molar-refractivity contribution in [1.29, 1.82) is 0 Å². The molecule has 1 N–H and O–H groups in total. The molecule has 4 heterocycles. The van der Waals surface area contributed by atoms with Crippen LogP contribution in [0.2, 0.25) is 0 Å². The molecule has 9 unspecified atom stereocenters. The number of aliphatic imine (C=N–C) groups is 3. The van der Waals surface area contributed by atoms with Crippen LogP contribution in [0.3, 0.4) is 0 Å². The van der Waals surface area contributed by atoms with Gasteiger partial charge in [0.1, 0.15) is 35.9 Å². The molecule has 1 saturated heterocycles. The summed E-state index contributed by atoms with van der Waals surface area (Å²) in [6.07, 6.45) is 46.2. The number of anilines is 1. The van der Waals surface area contributed by atoms with Crippen LogP contribution in [0.1, 0.15) is 84.0 Å². The number of benzene rings is 1. The molecule has 0 amide bonds. The Morgan fingerprint density at radius 3 is 2.63 bits per heavy atom. The van der Waals surface area contributed by atoms with Gasteiger partial charge in [-0.1, -0.05) is 103 Å². The minimum Gasteiger partial charge on any atom is -0.487 e. The fraction of sp³-hybridized carbons (Fsp3) is 0.431. The molecule has 1 aromatic carbocycles. The van der Waals surface area contributed by atoms with E-state index < -0.39 is 0 Å². The van der Waals surface area contributed by atoms with Gasteiger partial charge >= 0.3 is 0 Å². The number of ether oxygens (including phenoxy) is 1. The van der Waals surface area contributed by atoms with Gasteiger partial charge in [-0.15, -0.1) is 0 Å². The molecule has 57 heavy (non-hydrogen) atoms. The molecule has 6 heteroatoms. The maximum atomic E-state index is 7.29. The summed E-state index contributed by atoms with van der Waals surface area (Å²) in [5, 5.41) is 3.84. The van der Waals surface area contributed by atoms with E-state index in [-0.39, 0.29) is 41.6 Å². The lowest BCUT2D eigenvalue weighted by molar-refractivity contribution is 0.136. The summed E-state index contributed by atoms with van der Waals surface area (Å²) in [5.74, 6) is 4.21. The van der Waals surface area contributed by atoms with E-state index in [2.05, 4.69) is 133 Å².